The van der Waals surface area contributed by atoms with E-state index in [0.29, 0.717) is 16.8 Å². The van der Waals surface area contributed by atoms with Crippen LogP contribution in [0, 0.1) is 0 Å². The summed E-state index contributed by atoms with van der Waals surface area (Å²) in [5.74, 6) is 1.12. The highest BCUT2D eigenvalue weighted by Crippen LogP contribution is 2.38. The summed E-state index contributed by atoms with van der Waals surface area (Å²) in [6.45, 7) is 5.93. The number of thioether (sulfide) groups is 1. The van der Waals surface area contributed by atoms with E-state index in [0.717, 1.165) is 29.4 Å². The quantitative estimate of drug-likeness (QED) is 0.748. The minimum atomic E-state index is -0.237. The molecule has 1 aromatic carbocycles. The highest BCUT2D eigenvalue weighted by atomic mass is 35.5. The van der Waals surface area contributed by atoms with Crippen LogP contribution in [0.1, 0.15) is 52.5 Å². The van der Waals surface area contributed by atoms with Crippen LogP contribution in [-0.4, -0.2) is 32.0 Å². The van der Waals surface area contributed by atoms with E-state index < -0.39 is 0 Å². The van der Waals surface area contributed by atoms with E-state index in [4.69, 9.17) is 11.6 Å². The molecule has 1 aliphatic carbocycles. The lowest BCUT2D eigenvalue weighted by Crippen LogP contribution is -2.41. The molecule has 5 nitrogen and oxygen atoms in total. The van der Waals surface area contributed by atoms with Crippen molar-refractivity contribution in [3.8, 4) is 11.4 Å². The summed E-state index contributed by atoms with van der Waals surface area (Å²) < 4.78 is 2.18. The predicted molar refractivity (Wildman–Crippen MR) is 107 cm³/mol. The van der Waals surface area contributed by atoms with Crippen LogP contribution < -0.4 is 5.32 Å². The number of carbonyl (C=O) groups excluding carboxylic acids is 1. The van der Waals surface area contributed by atoms with Gasteiger partial charge in [-0.05, 0) is 45.7 Å². The Hall–Kier alpha value is -1.53. The molecule has 1 amide bonds. The van der Waals surface area contributed by atoms with Crippen molar-refractivity contribution in [2.24, 2.45) is 0 Å². The Labute approximate surface area is 163 Å². The van der Waals surface area contributed by atoms with Crippen molar-refractivity contribution >= 4 is 29.3 Å². The molecule has 26 heavy (non-hydrogen) atoms. The van der Waals surface area contributed by atoms with Crippen LogP contribution in [0.4, 0.5) is 0 Å². The molecule has 7 heteroatoms. The van der Waals surface area contributed by atoms with Gasteiger partial charge in [0.15, 0.2) is 11.0 Å². The molecule has 0 atom stereocenters. The molecular formula is C19H25ClN4OS. The zero-order valence-corrected chi connectivity index (χ0v) is 17.0. The van der Waals surface area contributed by atoms with Gasteiger partial charge in [0.1, 0.15) is 0 Å². The topological polar surface area (TPSA) is 59.8 Å². The Bertz CT molecular complexity index is 778. The average molecular weight is 393 g/mol. The number of hydrogen-bond acceptors (Lipinski definition) is 4. The summed E-state index contributed by atoms with van der Waals surface area (Å²) in [4.78, 5) is 12.2. The summed E-state index contributed by atoms with van der Waals surface area (Å²) in [7, 11) is 0. The van der Waals surface area contributed by atoms with E-state index in [1.807, 2.05) is 45.0 Å². The van der Waals surface area contributed by atoms with E-state index >= 15 is 0 Å². The molecule has 0 bridgehead atoms. The molecule has 1 saturated carbocycles. The van der Waals surface area contributed by atoms with E-state index in [2.05, 4.69) is 20.1 Å². The molecule has 0 spiro atoms. The molecule has 1 aliphatic rings. The van der Waals surface area contributed by atoms with Crippen LogP contribution in [0.15, 0.2) is 29.4 Å². The number of benzene rings is 1. The first-order valence-corrected chi connectivity index (χ1v) is 10.3. The van der Waals surface area contributed by atoms with Crippen molar-refractivity contribution in [1.82, 2.24) is 20.1 Å². The van der Waals surface area contributed by atoms with Crippen LogP contribution in [0.25, 0.3) is 11.4 Å². The van der Waals surface area contributed by atoms with Crippen LogP contribution >= 0.6 is 23.4 Å². The molecule has 0 saturated heterocycles. The van der Waals surface area contributed by atoms with Crippen molar-refractivity contribution in [3.63, 3.8) is 0 Å². The SMILES string of the molecule is CC(C)(C)NC(=O)CSc1nnc(-c2ccccc2Cl)n1C1CCCC1. The molecular weight excluding hydrogens is 368 g/mol. The lowest BCUT2D eigenvalue weighted by molar-refractivity contribution is -0.119. The summed E-state index contributed by atoms with van der Waals surface area (Å²) in [6.07, 6.45) is 4.63. The second kappa shape index (κ2) is 8.01. The number of carbonyl (C=O) groups is 1. The zero-order valence-electron chi connectivity index (χ0n) is 15.5. The minimum Gasteiger partial charge on any atom is -0.351 e. The van der Waals surface area contributed by atoms with Crippen LogP contribution in [0.3, 0.4) is 0 Å². The molecule has 140 valence electrons. The predicted octanol–water partition coefficient (Wildman–Crippen LogP) is 4.72. The third kappa shape index (κ3) is 4.60. The highest BCUT2D eigenvalue weighted by Gasteiger charge is 2.26. The van der Waals surface area contributed by atoms with Crippen LogP contribution in [0.2, 0.25) is 5.02 Å². The fraction of sp³-hybridized carbons (Fsp3) is 0.526. The molecule has 0 aliphatic heterocycles. The first-order chi connectivity index (χ1) is 12.3. The zero-order chi connectivity index (χ0) is 18.7. The lowest BCUT2D eigenvalue weighted by Gasteiger charge is -2.20. The Balaban J connectivity index is 1.86. The van der Waals surface area contributed by atoms with Gasteiger partial charge in [-0.2, -0.15) is 0 Å². The minimum absolute atomic E-state index is 0.00256. The molecule has 3 rings (SSSR count). The number of aromatic nitrogens is 3. The number of rotatable bonds is 5. The summed E-state index contributed by atoms with van der Waals surface area (Å²) in [5, 5.41) is 13.2. The Morgan fingerprint density at radius 2 is 1.96 bits per heavy atom. The maximum Gasteiger partial charge on any atom is 0.230 e. The lowest BCUT2D eigenvalue weighted by atomic mass is 10.1. The molecule has 1 N–H and O–H groups in total. The third-order valence-electron chi connectivity index (χ3n) is 4.32. The van der Waals surface area contributed by atoms with Crippen molar-refractivity contribution in [2.75, 3.05) is 5.75 Å². The van der Waals surface area contributed by atoms with Gasteiger partial charge in [-0.3, -0.25) is 9.36 Å². The molecule has 0 radical (unpaired) electrons. The smallest absolute Gasteiger partial charge is 0.230 e. The highest BCUT2D eigenvalue weighted by molar-refractivity contribution is 7.99. The number of nitrogens with one attached hydrogen (secondary N) is 1. The fourth-order valence-corrected chi connectivity index (χ4v) is 4.30. The summed E-state index contributed by atoms with van der Waals surface area (Å²) in [5.41, 5.74) is 0.652. The maximum absolute atomic E-state index is 12.2. The first kappa shape index (κ1) is 19.2. The van der Waals surface area contributed by atoms with Gasteiger partial charge in [0.2, 0.25) is 5.91 Å². The monoisotopic (exact) mass is 392 g/mol. The molecule has 0 unspecified atom stereocenters. The number of hydrogen-bond donors (Lipinski definition) is 1. The van der Waals surface area contributed by atoms with Gasteiger partial charge in [0, 0.05) is 17.1 Å². The largest absolute Gasteiger partial charge is 0.351 e. The summed E-state index contributed by atoms with van der Waals surface area (Å²) >= 11 is 7.83. The Morgan fingerprint density at radius 1 is 1.27 bits per heavy atom. The Morgan fingerprint density at radius 3 is 2.62 bits per heavy atom. The molecule has 1 aromatic heterocycles. The first-order valence-electron chi connectivity index (χ1n) is 8.99. The van der Waals surface area contributed by atoms with Gasteiger partial charge in [-0.15, -0.1) is 10.2 Å². The van der Waals surface area contributed by atoms with Gasteiger partial charge >= 0.3 is 0 Å². The molecule has 1 heterocycles. The van der Waals surface area contributed by atoms with Crippen LogP contribution in [0.5, 0.6) is 0 Å². The normalized spacial score (nSPS) is 15.4. The number of halogens is 1. The second-order valence-electron chi connectivity index (χ2n) is 7.68. The summed E-state index contributed by atoms with van der Waals surface area (Å²) in [6, 6.07) is 8.07. The maximum atomic E-state index is 12.2. The van der Waals surface area contributed by atoms with Gasteiger partial charge in [0.25, 0.3) is 0 Å². The van der Waals surface area contributed by atoms with Crippen molar-refractivity contribution in [2.45, 2.75) is 63.2 Å². The van der Waals surface area contributed by atoms with Gasteiger partial charge < -0.3 is 5.32 Å². The molecule has 1 fully saturated rings. The van der Waals surface area contributed by atoms with E-state index in [-0.39, 0.29) is 11.4 Å². The van der Waals surface area contributed by atoms with E-state index in [9.17, 15) is 4.79 Å². The van der Waals surface area contributed by atoms with Crippen LogP contribution in [-0.2, 0) is 4.79 Å². The second-order valence-corrected chi connectivity index (χ2v) is 9.03. The third-order valence-corrected chi connectivity index (χ3v) is 5.59. The van der Waals surface area contributed by atoms with E-state index in [1.54, 1.807) is 0 Å². The van der Waals surface area contributed by atoms with Crippen molar-refractivity contribution in [3.05, 3.63) is 29.3 Å². The fourth-order valence-electron chi connectivity index (χ4n) is 3.28. The van der Waals surface area contributed by atoms with Gasteiger partial charge in [-0.25, -0.2) is 0 Å². The number of nitrogens with zero attached hydrogens (tertiary/aromatic N) is 3. The van der Waals surface area contributed by atoms with Crippen molar-refractivity contribution < 1.29 is 4.79 Å². The van der Waals surface area contributed by atoms with Crippen molar-refractivity contribution in [1.29, 1.82) is 0 Å². The average Bonchev–Trinajstić information content (AvgIpc) is 3.21. The van der Waals surface area contributed by atoms with E-state index in [1.165, 1.54) is 24.6 Å². The standard InChI is InChI=1S/C19H25ClN4OS/c1-19(2,3)21-16(25)12-26-18-23-22-17(14-10-6-7-11-15(14)20)24(18)13-8-4-5-9-13/h6-7,10-11,13H,4-5,8-9,12H2,1-3H3,(H,21,25). The Kier molecular flexibility index (Phi) is 5.92. The number of amides is 1. The molecule has 2 aromatic rings. The van der Waals surface area contributed by atoms with Gasteiger partial charge in [0.05, 0.1) is 10.8 Å². The van der Waals surface area contributed by atoms with Gasteiger partial charge in [-0.1, -0.05) is 48.3 Å².